The van der Waals surface area contributed by atoms with Gasteiger partial charge in [-0.25, -0.2) is 9.37 Å². The summed E-state index contributed by atoms with van der Waals surface area (Å²) in [6.07, 6.45) is 0. The summed E-state index contributed by atoms with van der Waals surface area (Å²) in [5.74, 6) is 0.873. The Bertz CT molecular complexity index is 1270. The molecule has 174 valence electrons. The fourth-order valence-corrected chi connectivity index (χ4v) is 4.73. The minimum atomic E-state index is -0.284. The monoisotopic (exact) mass is 496 g/mol. The van der Waals surface area contributed by atoms with Gasteiger partial charge in [0.2, 0.25) is 5.91 Å². The van der Waals surface area contributed by atoms with E-state index in [1.807, 2.05) is 19.1 Å². The molecule has 0 aliphatic heterocycles. The molecule has 0 unspecified atom stereocenters. The third-order valence-electron chi connectivity index (χ3n) is 4.75. The van der Waals surface area contributed by atoms with Crippen LogP contribution in [0.25, 0.3) is 21.1 Å². The van der Waals surface area contributed by atoms with Crippen molar-refractivity contribution in [2.24, 2.45) is 0 Å². The van der Waals surface area contributed by atoms with Gasteiger partial charge in [0.25, 0.3) is 0 Å². The number of hydrogen-bond acceptors (Lipinski definition) is 8. The molecule has 2 heterocycles. The number of thiazole rings is 1. The minimum Gasteiger partial charge on any atom is -0.497 e. The van der Waals surface area contributed by atoms with Crippen LogP contribution in [0.3, 0.4) is 0 Å². The number of nitrogens with zero attached hydrogens (tertiary/aromatic N) is 3. The van der Waals surface area contributed by atoms with E-state index in [1.54, 1.807) is 44.6 Å². The highest BCUT2D eigenvalue weighted by Gasteiger charge is 2.14. The first kappa shape index (κ1) is 23.7. The van der Waals surface area contributed by atoms with E-state index in [1.165, 1.54) is 35.2 Å². The number of anilines is 1. The Balaban J connectivity index is 1.39. The molecule has 34 heavy (non-hydrogen) atoms. The molecule has 0 bridgehead atoms. The SMILES string of the molecule is COc1cc(NC(=O)CSc2ccc(-c3sc(-c4ccc(F)cc4)nc3C)nn2)cc(OC)c1. The van der Waals surface area contributed by atoms with Crippen molar-refractivity contribution in [3.63, 3.8) is 0 Å². The third-order valence-corrected chi connectivity index (χ3v) is 6.90. The highest BCUT2D eigenvalue weighted by Crippen LogP contribution is 2.34. The van der Waals surface area contributed by atoms with Gasteiger partial charge in [-0.15, -0.1) is 21.5 Å². The number of hydrogen-bond donors (Lipinski definition) is 1. The minimum absolute atomic E-state index is 0.169. The van der Waals surface area contributed by atoms with Gasteiger partial charge < -0.3 is 14.8 Å². The second-order valence-electron chi connectivity index (χ2n) is 7.14. The first-order chi connectivity index (χ1) is 16.4. The number of aromatic nitrogens is 3. The molecule has 0 fully saturated rings. The van der Waals surface area contributed by atoms with Crippen LogP contribution in [0.15, 0.2) is 59.6 Å². The zero-order valence-corrected chi connectivity index (χ0v) is 20.3. The van der Waals surface area contributed by atoms with Gasteiger partial charge in [-0.3, -0.25) is 4.79 Å². The first-order valence-corrected chi connectivity index (χ1v) is 12.0. The van der Waals surface area contributed by atoms with Crippen molar-refractivity contribution in [3.8, 4) is 32.6 Å². The van der Waals surface area contributed by atoms with Gasteiger partial charge in [0.15, 0.2) is 0 Å². The van der Waals surface area contributed by atoms with E-state index in [9.17, 15) is 9.18 Å². The van der Waals surface area contributed by atoms with Crippen LogP contribution in [0, 0.1) is 12.7 Å². The summed E-state index contributed by atoms with van der Waals surface area (Å²) in [4.78, 5) is 17.9. The van der Waals surface area contributed by atoms with E-state index < -0.39 is 0 Å². The lowest BCUT2D eigenvalue weighted by molar-refractivity contribution is -0.113. The lowest BCUT2D eigenvalue weighted by Gasteiger charge is -2.09. The molecule has 0 saturated carbocycles. The average Bonchev–Trinajstić information content (AvgIpc) is 3.24. The van der Waals surface area contributed by atoms with Crippen molar-refractivity contribution >= 4 is 34.7 Å². The first-order valence-electron chi connectivity index (χ1n) is 10.2. The van der Waals surface area contributed by atoms with Crippen molar-refractivity contribution in [2.75, 3.05) is 25.3 Å². The number of aryl methyl sites for hydroxylation is 1. The van der Waals surface area contributed by atoms with E-state index in [2.05, 4.69) is 20.5 Å². The molecule has 0 aliphatic carbocycles. The van der Waals surface area contributed by atoms with Gasteiger partial charge in [0.1, 0.15) is 33.0 Å². The van der Waals surface area contributed by atoms with E-state index in [4.69, 9.17) is 9.47 Å². The number of halogens is 1. The number of nitrogens with one attached hydrogen (secondary N) is 1. The molecule has 0 spiro atoms. The second-order valence-corrected chi connectivity index (χ2v) is 9.13. The Morgan fingerprint density at radius 1 is 1.03 bits per heavy atom. The van der Waals surface area contributed by atoms with E-state index in [0.29, 0.717) is 27.9 Å². The quantitative estimate of drug-likeness (QED) is 0.324. The normalized spacial score (nSPS) is 10.7. The Kier molecular flexibility index (Phi) is 7.39. The van der Waals surface area contributed by atoms with Gasteiger partial charge in [0.05, 0.1) is 30.5 Å². The zero-order valence-electron chi connectivity index (χ0n) is 18.7. The topological polar surface area (TPSA) is 86.2 Å². The van der Waals surface area contributed by atoms with E-state index >= 15 is 0 Å². The number of ether oxygens (including phenoxy) is 2. The lowest BCUT2D eigenvalue weighted by atomic mass is 10.2. The molecule has 2 aromatic heterocycles. The molecule has 1 N–H and O–H groups in total. The third kappa shape index (κ3) is 5.70. The molecule has 2 aromatic carbocycles. The van der Waals surface area contributed by atoms with Gasteiger partial charge in [-0.2, -0.15) is 0 Å². The predicted octanol–water partition coefficient (Wildman–Crippen LogP) is 5.46. The Morgan fingerprint density at radius 3 is 2.35 bits per heavy atom. The number of carbonyl (C=O) groups excluding carboxylic acids is 1. The van der Waals surface area contributed by atoms with Crippen molar-refractivity contribution in [1.29, 1.82) is 0 Å². The summed E-state index contributed by atoms with van der Waals surface area (Å²) in [6, 6.07) is 15.1. The van der Waals surface area contributed by atoms with Gasteiger partial charge in [-0.05, 0) is 43.3 Å². The smallest absolute Gasteiger partial charge is 0.234 e. The summed E-state index contributed by atoms with van der Waals surface area (Å²) in [7, 11) is 3.10. The van der Waals surface area contributed by atoms with Crippen molar-refractivity contribution in [3.05, 3.63) is 66.1 Å². The fourth-order valence-electron chi connectivity index (χ4n) is 3.08. The molecule has 7 nitrogen and oxygen atoms in total. The number of methoxy groups -OCH3 is 2. The maximum atomic E-state index is 13.2. The number of rotatable bonds is 8. The van der Waals surface area contributed by atoms with Crippen LogP contribution in [0.2, 0.25) is 0 Å². The number of benzene rings is 2. The molecule has 0 radical (unpaired) electrons. The summed E-state index contributed by atoms with van der Waals surface area (Å²) in [5.41, 5.74) is 2.95. The summed E-state index contributed by atoms with van der Waals surface area (Å²) < 4.78 is 23.6. The lowest BCUT2D eigenvalue weighted by Crippen LogP contribution is -2.14. The molecule has 4 aromatic rings. The molecular weight excluding hydrogens is 475 g/mol. The van der Waals surface area contributed by atoms with Crippen LogP contribution < -0.4 is 14.8 Å². The molecule has 4 rings (SSSR count). The van der Waals surface area contributed by atoms with Crippen LogP contribution in [0.5, 0.6) is 11.5 Å². The average molecular weight is 497 g/mol. The number of carbonyl (C=O) groups is 1. The zero-order chi connectivity index (χ0) is 24.1. The highest BCUT2D eigenvalue weighted by molar-refractivity contribution is 7.99. The summed E-state index contributed by atoms with van der Waals surface area (Å²) in [6.45, 7) is 1.90. The van der Waals surface area contributed by atoms with Crippen molar-refractivity contribution in [1.82, 2.24) is 15.2 Å². The van der Waals surface area contributed by atoms with Crippen molar-refractivity contribution in [2.45, 2.75) is 11.9 Å². The summed E-state index contributed by atoms with van der Waals surface area (Å²) >= 11 is 2.76. The van der Waals surface area contributed by atoms with Crippen LogP contribution >= 0.6 is 23.1 Å². The van der Waals surface area contributed by atoms with Gasteiger partial charge >= 0.3 is 0 Å². The van der Waals surface area contributed by atoms with Crippen LogP contribution in [-0.4, -0.2) is 41.1 Å². The Labute approximate surface area is 204 Å². The predicted molar refractivity (Wildman–Crippen MR) is 132 cm³/mol. The van der Waals surface area contributed by atoms with Crippen molar-refractivity contribution < 1.29 is 18.7 Å². The molecule has 0 atom stereocenters. The maximum absolute atomic E-state index is 13.2. The van der Waals surface area contributed by atoms with Crippen LogP contribution in [0.4, 0.5) is 10.1 Å². The maximum Gasteiger partial charge on any atom is 0.234 e. The highest BCUT2D eigenvalue weighted by atomic mass is 32.2. The van der Waals surface area contributed by atoms with Gasteiger partial charge in [-0.1, -0.05) is 11.8 Å². The summed E-state index contributed by atoms with van der Waals surface area (Å²) in [5, 5.41) is 12.8. The van der Waals surface area contributed by atoms with Gasteiger partial charge in [0, 0.05) is 29.4 Å². The van der Waals surface area contributed by atoms with Crippen LogP contribution in [-0.2, 0) is 4.79 Å². The number of thioether (sulfide) groups is 1. The Hall–Kier alpha value is -3.50. The molecule has 0 saturated heterocycles. The molecule has 0 aliphatic rings. The van der Waals surface area contributed by atoms with Crippen LogP contribution in [0.1, 0.15) is 5.69 Å². The van der Waals surface area contributed by atoms with E-state index in [-0.39, 0.29) is 17.5 Å². The molecule has 10 heteroatoms. The largest absolute Gasteiger partial charge is 0.497 e. The van der Waals surface area contributed by atoms with E-state index in [0.717, 1.165) is 21.1 Å². The standard InChI is InChI=1S/C24H21FN4O3S2/c1-14-23(34-24(26-14)15-4-6-16(25)7-5-15)20-8-9-22(29-28-20)33-13-21(30)27-17-10-18(31-2)12-19(11-17)32-3/h4-12H,13H2,1-3H3,(H,27,30). The fraction of sp³-hybridized carbons (Fsp3) is 0.167. The second kappa shape index (κ2) is 10.6. The Morgan fingerprint density at radius 2 is 1.74 bits per heavy atom. The molecular formula is C24H21FN4O3S2. The molecule has 1 amide bonds. The number of amides is 1.